The van der Waals surface area contributed by atoms with E-state index in [0.717, 1.165) is 5.39 Å². The normalized spacial score (nSPS) is 10.5. The highest BCUT2D eigenvalue weighted by molar-refractivity contribution is 9.10. The van der Waals surface area contributed by atoms with Crippen LogP contribution in [0.1, 0.15) is 0 Å². The van der Waals surface area contributed by atoms with Crippen molar-refractivity contribution >= 4 is 39.7 Å². The van der Waals surface area contributed by atoms with Crippen LogP contribution in [0.25, 0.3) is 11.0 Å². The predicted octanol–water partition coefficient (Wildman–Crippen LogP) is 0.0721. The number of hydrogen-bond donors (Lipinski definition) is 2. The summed E-state index contributed by atoms with van der Waals surface area (Å²) in [6.07, 6.45) is 0. The van der Waals surface area contributed by atoms with Crippen LogP contribution in [0, 0.1) is 0 Å². The number of rotatable bonds is 1. The molecule has 2 aromatic rings. The molecule has 4 nitrogen and oxygen atoms in total. The zero-order valence-corrected chi connectivity index (χ0v) is 8.64. The minimum Gasteiger partial charge on any atom is -0.422 e. The first kappa shape index (κ1) is 9.58. The lowest BCUT2D eigenvalue weighted by Crippen LogP contribution is -2.32. The molecule has 0 atom stereocenters. The minimum absolute atomic E-state index is 0.197. The van der Waals surface area contributed by atoms with Crippen LogP contribution in [-0.2, 0) is 0 Å². The zero-order chi connectivity index (χ0) is 10.1. The highest BCUT2D eigenvalue weighted by Crippen LogP contribution is 2.12. The number of halogens is 1. The fraction of sp³-hybridized carbons (Fsp3) is 0. The van der Waals surface area contributed by atoms with Crippen molar-refractivity contribution in [1.29, 1.82) is 0 Å². The van der Waals surface area contributed by atoms with Gasteiger partial charge < -0.3 is 10.0 Å². The molecule has 0 radical (unpaired) electrons. The van der Waals surface area contributed by atoms with Crippen LogP contribution in [-0.4, -0.2) is 27.1 Å². The van der Waals surface area contributed by atoms with Gasteiger partial charge in [0.1, 0.15) is 4.60 Å². The molecule has 2 N–H and O–H groups in total. The average Bonchev–Trinajstić information content (AvgIpc) is 2.16. The fourth-order valence-electron chi connectivity index (χ4n) is 1.13. The molecule has 0 amide bonds. The predicted molar refractivity (Wildman–Crippen MR) is 57.1 cm³/mol. The Morgan fingerprint density at radius 3 is 2.50 bits per heavy atom. The molecule has 0 bridgehead atoms. The van der Waals surface area contributed by atoms with Crippen molar-refractivity contribution in [3.63, 3.8) is 0 Å². The third-order valence-electron chi connectivity index (χ3n) is 1.80. The molecule has 0 saturated heterocycles. The molecule has 0 aliphatic heterocycles. The van der Waals surface area contributed by atoms with E-state index in [0.29, 0.717) is 10.3 Å². The van der Waals surface area contributed by atoms with E-state index in [-0.39, 0.29) is 5.59 Å². The summed E-state index contributed by atoms with van der Waals surface area (Å²) in [5, 5.41) is 18.7. The quantitative estimate of drug-likeness (QED) is 0.557. The summed E-state index contributed by atoms with van der Waals surface area (Å²) in [6.45, 7) is 0. The van der Waals surface area contributed by atoms with Gasteiger partial charge in [-0.15, -0.1) is 0 Å². The van der Waals surface area contributed by atoms with Crippen LogP contribution >= 0.6 is 15.9 Å². The number of nitrogens with zero attached hydrogens (tertiary/aromatic N) is 2. The molecular formula is C8H6BBrN2O2. The molecule has 0 unspecified atom stereocenters. The van der Waals surface area contributed by atoms with Gasteiger partial charge in [0, 0.05) is 5.39 Å². The van der Waals surface area contributed by atoms with Gasteiger partial charge in [0.2, 0.25) is 0 Å². The van der Waals surface area contributed by atoms with E-state index >= 15 is 0 Å². The second-order valence-corrected chi connectivity index (χ2v) is 3.60. The van der Waals surface area contributed by atoms with Crippen molar-refractivity contribution in [3.8, 4) is 0 Å². The van der Waals surface area contributed by atoms with Crippen molar-refractivity contribution in [2.75, 3.05) is 0 Å². The Balaban J connectivity index is 2.63. The fourth-order valence-corrected chi connectivity index (χ4v) is 1.43. The number of aromatic nitrogens is 2. The van der Waals surface area contributed by atoms with E-state index < -0.39 is 7.12 Å². The van der Waals surface area contributed by atoms with Crippen molar-refractivity contribution in [2.24, 2.45) is 0 Å². The van der Waals surface area contributed by atoms with E-state index in [1.165, 1.54) is 0 Å². The largest absolute Gasteiger partial charge is 0.508 e. The van der Waals surface area contributed by atoms with Crippen LogP contribution in [0.5, 0.6) is 0 Å². The Morgan fingerprint density at radius 1 is 1.07 bits per heavy atom. The molecule has 6 heteroatoms. The molecule has 0 spiro atoms. The first-order chi connectivity index (χ1) is 6.66. The van der Waals surface area contributed by atoms with Crippen LogP contribution in [0.2, 0.25) is 0 Å². The lowest BCUT2D eigenvalue weighted by molar-refractivity contribution is 0.424. The maximum atomic E-state index is 8.91. The summed E-state index contributed by atoms with van der Waals surface area (Å²) in [6, 6.07) is 6.96. The third kappa shape index (κ3) is 1.77. The smallest absolute Gasteiger partial charge is 0.422 e. The van der Waals surface area contributed by atoms with Gasteiger partial charge in [-0.05, 0) is 34.1 Å². The molecule has 0 aliphatic carbocycles. The Hall–Kier alpha value is -0.975. The average molecular weight is 253 g/mol. The first-order valence-electron chi connectivity index (χ1n) is 3.96. The van der Waals surface area contributed by atoms with E-state index in [2.05, 4.69) is 25.9 Å². The zero-order valence-electron chi connectivity index (χ0n) is 7.05. The topological polar surface area (TPSA) is 66.2 Å². The van der Waals surface area contributed by atoms with Gasteiger partial charge in [0.15, 0.2) is 5.65 Å². The highest BCUT2D eigenvalue weighted by Gasteiger charge is 2.13. The second-order valence-electron chi connectivity index (χ2n) is 2.79. The van der Waals surface area contributed by atoms with Crippen molar-refractivity contribution in [3.05, 3.63) is 28.9 Å². The van der Waals surface area contributed by atoms with Crippen LogP contribution in [0.3, 0.4) is 0 Å². The summed E-state index contributed by atoms with van der Waals surface area (Å²) >= 11 is 3.22. The van der Waals surface area contributed by atoms with Gasteiger partial charge in [-0.25, -0.2) is 9.97 Å². The number of pyridine rings is 2. The third-order valence-corrected chi connectivity index (χ3v) is 2.25. The second kappa shape index (κ2) is 3.64. The van der Waals surface area contributed by atoms with E-state index in [1.54, 1.807) is 18.2 Å². The maximum absolute atomic E-state index is 8.91. The van der Waals surface area contributed by atoms with E-state index in [9.17, 15) is 0 Å². The van der Waals surface area contributed by atoms with Crippen molar-refractivity contribution in [2.45, 2.75) is 0 Å². The van der Waals surface area contributed by atoms with E-state index in [4.69, 9.17) is 10.0 Å². The van der Waals surface area contributed by atoms with E-state index in [1.807, 2.05) is 6.07 Å². The molecule has 0 aliphatic rings. The Morgan fingerprint density at radius 2 is 1.79 bits per heavy atom. The van der Waals surface area contributed by atoms with Crippen molar-refractivity contribution < 1.29 is 10.0 Å². The molecule has 2 aromatic heterocycles. The maximum Gasteiger partial charge on any atom is 0.508 e. The molecule has 0 fully saturated rings. The lowest BCUT2D eigenvalue weighted by Gasteiger charge is -2.00. The molecule has 2 rings (SSSR count). The molecule has 70 valence electrons. The number of hydrogen-bond acceptors (Lipinski definition) is 4. The van der Waals surface area contributed by atoms with Crippen LogP contribution < -0.4 is 5.59 Å². The minimum atomic E-state index is -1.56. The summed E-state index contributed by atoms with van der Waals surface area (Å²) in [7, 11) is -1.56. The van der Waals surface area contributed by atoms with Gasteiger partial charge in [-0.1, -0.05) is 6.07 Å². The Bertz CT molecular complexity index is 478. The summed E-state index contributed by atoms with van der Waals surface area (Å²) in [5.41, 5.74) is 0.688. The van der Waals surface area contributed by atoms with Gasteiger partial charge in [-0.2, -0.15) is 0 Å². The van der Waals surface area contributed by atoms with Gasteiger partial charge in [-0.3, -0.25) is 0 Å². The first-order valence-corrected chi connectivity index (χ1v) is 4.75. The standard InChI is InChI=1S/C8H6BBrN2O2/c10-7-4-2-5-1-3-6(9(13)14)11-8(5)12-7/h1-4,13-14H. The Labute approximate surface area is 88.9 Å². The number of fused-ring (bicyclic) bond motifs is 1. The van der Waals surface area contributed by atoms with Crippen LogP contribution in [0.15, 0.2) is 28.9 Å². The molecular weight excluding hydrogens is 247 g/mol. The summed E-state index contributed by atoms with van der Waals surface area (Å²) in [4.78, 5) is 8.10. The molecule has 2 heterocycles. The Kier molecular flexibility index (Phi) is 2.49. The van der Waals surface area contributed by atoms with Gasteiger partial charge in [0.25, 0.3) is 0 Å². The highest BCUT2D eigenvalue weighted by atomic mass is 79.9. The van der Waals surface area contributed by atoms with Crippen LogP contribution in [0.4, 0.5) is 0 Å². The summed E-state index contributed by atoms with van der Waals surface area (Å²) in [5.74, 6) is 0. The van der Waals surface area contributed by atoms with Crippen molar-refractivity contribution in [1.82, 2.24) is 9.97 Å². The monoisotopic (exact) mass is 252 g/mol. The lowest BCUT2D eigenvalue weighted by atomic mass is 9.85. The summed E-state index contributed by atoms with van der Waals surface area (Å²) < 4.78 is 0.669. The molecule has 14 heavy (non-hydrogen) atoms. The molecule has 0 saturated carbocycles. The molecule has 0 aromatic carbocycles. The van der Waals surface area contributed by atoms with Gasteiger partial charge in [0.05, 0.1) is 5.59 Å². The van der Waals surface area contributed by atoms with Gasteiger partial charge >= 0.3 is 7.12 Å². The SMILES string of the molecule is OB(O)c1ccc2ccc(Br)nc2n1.